The molecule has 1 rings (SSSR count). The highest BCUT2D eigenvalue weighted by Crippen LogP contribution is 2.23. The quantitative estimate of drug-likeness (QED) is 0.0261. The molecule has 1 saturated heterocycles. The number of hydrogen-bond acceptors (Lipinski definition) is 8. The molecule has 1 heterocycles. The third-order valence-corrected chi connectivity index (χ3v) is 16.2. The van der Waals surface area contributed by atoms with Gasteiger partial charge in [0.05, 0.1) is 25.4 Å². The first-order valence-corrected chi connectivity index (χ1v) is 33.7. The Morgan fingerprint density at radius 2 is 0.740 bits per heavy atom. The van der Waals surface area contributed by atoms with Crippen molar-refractivity contribution in [2.75, 3.05) is 13.2 Å². The van der Waals surface area contributed by atoms with Crippen LogP contribution in [0.1, 0.15) is 335 Å². The molecular formula is C68H129NO8. The minimum absolute atomic E-state index is 0.184. The molecule has 0 spiro atoms. The monoisotopic (exact) mass is 1090 g/mol. The fourth-order valence-corrected chi connectivity index (χ4v) is 10.9. The van der Waals surface area contributed by atoms with Gasteiger partial charge in [0.25, 0.3) is 0 Å². The highest BCUT2D eigenvalue weighted by molar-refractivity contribution is 5.76. The predicted octanol–water partition coefficient (Wildman–Crippen LogP) is 17.9. The molecule has 1 fully saturated rings. The molecule has 0 bridgehead atoms. The predicted molar refractivity (Wildman–Crippen MR) is 327 cm³/mol. The first-order valence-electron chi connectivity index (χ1n) is 33.7. The van der Waals surface area contributed by atoms with Gasteiger partial charge in [-0.1, -0.05) is 320 Å². The number of unbranched alkanes of at least 4 members (excludes halogenated alkanes) is 45. The fraction of sp³-hybridized carbons (Fsp3) is 0.897. The van der Waals surface area contributed by atoms with Crippen molar-refractivity contribution in [3.05, 3.63) is 36.5 Å². The molecule has 7 atom stereocenters. The van der Waals surface area contributed by atoms with Crippen molar-refractivity contribution in [2.45, 2.75) is 378 Å². The van der Waals surface area contributed by atoms with Gasteiger partial charge in [0.1, 0.15) is 24.4 Å². The highest BCUT2D eigenvalue weighted by atomic mass is 16.7. The molecule has 0 aromatic carbocycles. The van der Waals surface area contributed by atoms with Gasteiger partial charge in [-0.2, -0.15) is 0 Å². The molecule has 7 unspecified atom stereocenters. The van der Waals surface area contributed by atoms with Crippen molar-refractivity contribution in [2.24, 2.45) is 0 Å². The average molecular weight is 1090 g/mol. The lowest BCUT2D eigenvalue weighted by molar-refractivity contribution is -0.302. The van der Waals surface area contributed by atoms with Gasteiger partial charge in [0.15, 0.2) is 6.29 Å². The summed E-state index contributed by atoms with van der Waals surface area (Å²) in [6, 6.07) is -0.827. The smallest absolute Gasteiger partial charge is 0.220 e. The minimum atomic E-state index is -1.57. The number of carbonyl (C=O) groups is 1. The molecular weight excluding hydrogens is 959 g/mol. The Bertz CT molecular complexity index is 1310. The van der Waals surface area contributed by atoms with E-state index in [0.717, 1.165) is 44.9 Å². The zero-order valence-corrected chi connectivity index (χ0v) is 50.7. The van der Waals surface area contributed by atoms with Crippen molar-refractivity contribution < 1.29 is 39.8 Å². The Morgan fingerprint density at radius 1 is 0.429 bits per heavy atom. The van der Waals surface area contributed by atoms with E-state index < -0.39 is 49.5 Å². The molecule has 454 valence electrons. The number of ether oxygens (including phenoxy) is 2. The number of rotatable bonds is 59. The van der Waals surface area contributed by atoms with Crippen LogP contribution in [-0.2, 0) is 14.3 Å². The van der Waals surface area contributed by atoms with E-state index in [4.69, 9.17) is 9.47 Å². The second-order valence-corrected chi connectivity index (χ2v) is 23.6. The number of carbonyl (C=O) groups excluding carboxylic acids is 1. The number of aliphatic hydroxyl groups is 5. The summed E-state index contributed by atoms with van der Waals surface area (Å²) in [5, 5.41) is 54.6. The second kappa shape index (κ2) is 57.6. The Hall–Kier alpha value is -1.59. The lowest BCUT2D eigenvalue weighted by Gasteiger charge is -2.40. The molecule has 9 nitrogen and oxygen atoms in total. The second-order valence-electron chi connectivity index (χ2n) is 23.6. The lowest BCUT2D eigenvalue weighted by Crippen LogP contribution is -2.60. The number of hydrogen-bond donors (Lipinski definition) is 6. The van der Waals surface area contributed by atoms with E-state index in [0.29, 0.717) is 6.42 Å². The Kier molecular flexibility index (Phi) is 55.0. The van der Waals surface area contributed by atoms with Crippen LogP contribution in [0.3, 0.4) is 0 Å². The standard InChI is InChI=1S/C68H129NO8/c1-3-5-7-9-11-13-15-17-19-21-23-25-27-28-29-30-31-32-33-34-35-36-38-40-42-44-46-48-50-52-54-56-58-64(72)69-61(60-76-68-67(75)66(74)65(73)63(59-70)77-68)62(71)57-55-53-51-49-47-45-43-41-39-37-26-24-22-20-18-16-14-12-10-8-6-4-2/h39,41,47,49,55,57,61-63,65-68,70-71,73-75H,3-38,40,42-46,48,50-54,56,58-60H2,1-2H3,(H,69,72)/b41-39+,49-47+,57-55+. The summed E-state index contributed by atoms with van der Waals surface area (Å²) in [6.45, 7) is 3.81. The summed E-state index contributed by atoms with van der Waals surface area (Å²) in [4.78, 5) is 13.1. The van der Waals surface area contributed by atoms with E-state index in [9.17, 15) is 30.3 Å². The largest absolute Gasteiger partial charge is 0.394 e. The van der Waals surface area contributed by atoms with Gasteiger partial charge in [-0.15, -0.1) is 0 Å². The average Bonchev–Trinajstić information content (AvgIpc) is 3.43. The Balaban J connectivity index is 2.14. The third kappa shape index (κ3) is 46.7. The minimum Gasteiger partial charge on any atom is -0.394 e. The molecule has 0 aromatic heterocycles. The summed E-state index contributed by atoms with van der Waals surface area (Å²) in [7, 11) is 0. The van der Waals surface area contributed by atoms with Crippen molar-refractivity contribution >= 4 is 5.91 Å². The molecule has 1 aliphatic heterocycles. The van der Waals surface area contributed by atoms with E-state index >= 15 is 0 Å². The summed E-state index contributed by atoms with van der Waals surface area (Å²) in [5.41, 5.74) is 0. The molecule has 0 radical (unpaired) electrons. The van der Waals surface area contributed by atoms with Crippen molar-refractivity contribution in [3.8, 4) is 0 Å². The molecule has 0 saturated carbocycles. The van der Waals surface area contributed by atoms with Gasteiger partial charge >= 0.3 is 0 Å². The van der Waals surface area contributed by atoms with E-state index in [2.05, 4.69) is 43.5 Å². The first kappa shape index (κ1) is 73.4. The summed E-state index contributed by atoms with van der Waals surface area (Å²) in [5.74, 6) is -0.184. The molecule has 1 aliphatic rings. The van der Waals surface area contributed by atoms with E-state index in [1.54, 1.807) is 6.08 Å². The van der Waals surface area contributed by atoms with Gasteiger partial charge in [-0.05, 0) is 44.9 Å². The van der Waals surface area contributed by atoms with Crippen LogP contribution >= 0.6 is 0 Å². The van der Waals surface area contributed by atoms with Crippen molar-refractivity contribution in [1.82, 2.24) is 5.32 Å². The highest BCUT2D eigenvalue weighted by Gasteiger charge is 2.44. The summed E-state index contributed by atoms with van der Waals surface area (Å²) in [6.07, 6.45) is 69.7. The molecule has 1 amide bonds. The van der Waals surface area contributed by atoms with Crippen LogP contribution in [0.25, 0.3) is 0 Å². The van der Waals surface area contributed by atoms with E-state index in [1.807, 2.05) is 6.08 Å². The molecule has 77 heavy (non-hydrogen) atoms. The summed E-state index contributed by atoms with van der Waals surface area (Å²) >= 11 is 0. The van der Waals surface area contributed by atoms with Gasteiger partial charge in [0, 0.05) is 6.42 Å². The van der Waals surface area contributed by atoms with Crippen LogP contribution in [0.5, 0.6) is 0 Å². The van der Waals surface area contributed by atoms with Crippen LogP contribution in [-0.4, -0.2) is 87.5 Å². The lowest BCUT2D eigenvalue weighted by atomic mass is 9.99. The van der Waals surface area contributed by atoms with Crippen LogP contribution in [0.4, 0.5) is 0 Å². The van der Waals surface area contributed by atoms with E-state index in [-0.39, 0.29) is 12.5 Å². The number of aliphatic hydroxyl groups excluding tert-OH is 5. The third-order valence-electron chi connectivity index (χ3n) is 16.2. The molecule has 0 aromatic rings. The number of nitrogens with one attached hydrogen (secondary N) is 1. The normalized spacial score (nSPS) is 18.9. The maximum absolute atomic E-state index is 13.1. The molecule has 6 N–H and O–H groups in total. The van der Waals surface area contributed by atoms with Crippen LogP contribution in [0.2, 0.25) is 0 Å². The van der Waals surface area contributed by atoms with Gasteiger partial charge < -0.3 is 40.3 Å². The first-order chi connectivity index (χ1) is 37.8. The van der Waals surface area contributed by atoms with Crippen molar-refractivity contribution in [3.63, 3.8) is 0 Å². The maximum atomic E-state index is 13.1. The van der Waals surface area contributed by atoms with Gasteiger partial charge in [-0.3, -0.25) is 4.79 Å². The Morgan fingerprint density at radius 3 is 1.09 bits per heavy atom. The van der Waals surface area contributed by atoms with Crippen LogP contribution in [0, 0.1) is 0 Å². The van der Waals surface area contributed by atoms with Crippen molar-refractivity contribution in [1.29, 1.82) is 0 Å². The van der Waals surface area contributed by atoms with E-state index in [1.165, 1.54) is 270 Å². The Labute approximate surface area is 476 Å². The molecule has 9 heteroatoms. The zero-order chi connectivity index (χ0) is 55.8. The SMILES string of the molecule is CCCCCCCCCCCCCC/C=C/CC/C=C/CC/C=C/C(O)C(COC1OC(CO)C(O)C(O)C1O)NC(=O)CCCCCCCCCCCCCCCCCCCCCCCCCCCCCCCCCC. The van der Waals surface area contributed by atoms with Gasteiger partial charge in [-0.25, -0.2) is 0 Å². The molecule has 0 aliphatic carbocycles. The zero-order valence-electron chi connectivity index (χ0n) is 50.7. The summed E-state index contributed by atoms with van der Waals surface area (Å²) < 4.78 is 11.3. The topological polar surface area (TPSA) is 149 Å². The number of amides is 1. The van der Waals surface area contributed by atoms with Crippen LogP contribution in [0.15, 0.2) is 36.5 Å². The fourth-order valence-electron chi connectivity index (χ4n) is 10.9. The van der Waals surface area contributed by atoms with Crippen LogP contribution < -0.4 is 5.32 Å². The number of allylic oxidation sites excluding steroid dienone is 5. The maximum Gasteiger partial charge on any atom is 0.220 e. The van der Waals surface area contributed by atoms with Gasteiger partial charge in [0.2, 0.25) is 5.91 Å².